The van der Waals surface area contributed by atoms with Gasteiger partial charge in [0.25, 0.3) is 5.91 Å². The summed E-state index contributed by atoms with van der Waals surface area (Å²) in [6.07, 6.45) is 3.55. The predicted molar refractivity (Wildman–Crippen MR) is 108 cm³/mol. The van der Waals surface area contributed by atoms with Crippen molar-refractivity contribution in [3.63, 3.8) is 0 Å². The van der Waals surface area contributed by atoms with Crippen molar-refractivity contribution in [3.05, 3.63) is 83.4 Å². The minimum atomic E-state index is -0.297. The zero-order chi connectivity index (χ0) is 20.1. The fourth-order valence-electron chi connectivity index (χ4n) is 3.70. The van der Waals surface area contributed by atoms with E-state index < -0.39 is 0 Å². The molecule has 1 amide bonds. The van der Waals surface area contributed by atoms with Crippen molar-refractivity contribution < 1.29 is 9.18 Å². The number of amides is 1. The van der Waals surface area contributed by atoms with Crippen LogP contribution < -0.4 is 5.32 Å². The van der Waals surface area contributed by atoms with Crippen LogP contribution in [-0.2, 0) is 13.1 Å². The largest absolute Gasteiger partial charge is 0.347 e. The second-order valence-electron chi connectivity index (χ2n) is 7.43. The average Bonchev–Trinajstić information content (AvgIpc) is 3.20. The fraction of sp³-hybridized carbons (Fsp3) is 0.318. The molecule has 2 aromatic carbocycles. The quantitative estimate of drug-likeness (QED) is 0.700. The first-order chi connectivity index (χ1) is 14.2. The Hall–Kier alpha value is -3.06. The summed E-state index contributed by atoms with van der Waals surface area (Å²) in [5.74, 6) is -0.536. The highest BCUT2D eigenvalue weighted by atomic mass is 19.1. The SMILES string of the molecule is O=C(N[C@H]1CCCN(Cc2ccccc2)C1)c1cn(Cc2ccccc2F)nn1. The lowest BCUT2D eigenvalue weighted by Crippen LogP contribution is -2.47. The Balaban J connectivity index is 1.33. The molecule has 0 radical (unpaired) electrons. The molecule has 1 N–H and O–H groups in total. The van der Waals surface area contributed by atoms with E-state index in [9.17, 15) is 9.18 Å². The number of hydrogen-bond acceptors (Lipinski definition) is 4. The molecule has 1 aromatic heterocycles. The molecule has 0 saturated carbocycles. The lowest BCUT2D eigenvalue weighted by Gasteiger charge is -2.33. The van der Waals surface area contributed by atoms with Crippen LogP contribution in [-0.4, -0.2) is 44.9 Å². The van der Waals surface area contributed by atoms with Crippen LogP contribution >= 0.6 is 0 Å². The molecule has 0 aliphatic carbocycles. The number of carbonyl (C=O) groups excluding carboxylic acids is 1. The van der Waals surface area contributed by atoms with Gasteiger partial charge in [-0.3, -0.25) is 9.69 Å². The zero-order valence-corrected chi connectivity index (χ0v) is 16.2. The molecular weight excluding hydrogens is 369 g/mol. The number of nitrogens with zero attached hydrogens (tertiary/aromatic N) is 4. The standard InChI is InChI=1S/C22H24FN5O/c23-20-11-5-4-9-18(20)14-28-16-21(25-26-28)22(29)24-19-10-6-12-27(15-19)13-17-7-2-1-3-8-17/h1-5,7-9,11,16,19H,6,10,12-15H2,(H,24,29)/t19-/m0/s1. The molecule has 7 heteroatoms. The van der Waals surface area contributed by atoms with Crippen molar-refractivity contribution in [1.82, 2.24) is 25.2 Å². The van der Waals surface area contributed by atoms with E-state index in [-0.39, 0.29) is 30.0 Å². The second-order valence-corrected chi connectivity index (χ2v) is 7.43. The molecule has 0 unspecified atom stereocenters. The number of nitrogens with one attached hydrogen (secondary N) is 1. The number of piperidine rings is 1. The van der Waals surface area contributed by atoms with Crippen LogP contribution in [0.3, 0.4) is 0 Å². The van der Waals surface area contributed by atoms with Gasteiger partial charge in [-0.25, -0.2) is 9.07 Å². The third-order valence-corrected chi connectivity index (χ3v) is 5.15. The van der Waals surface area contributed by atoms with Crippen LogP contribution in [0.5, 0.6) is 0 Å². The van der Waals surface area contributed by atoms with Crippen LogP contribution in [0, 0.1) is 5.82 Å². The monoisotopic (exact) mass is 393 g/mol. The first kappa shape index (κ1) is 19.3. The molecular formula is C22H24FN5O. The topological polar surface area (TPSA) is 63.1 Å². The number of benzene rings is 2. The summed E-state index contributed by atoms with van der Waals surface area (Å²) >= 11 is 0. The third kappa shape index (κ3) is 5.06. The smallest absolute Gasteiger partial charge is 0.273 e. The van der Waals surface area contributed by atoms with Crippen LogP contribution in [0.2, 0.25) is 0 Å². The van der Waals surface area contributed by atoms with Gasteiger partial charge in [0.1, 0.15) is 5.82 Å². The number of carbonyl (C=O) groups is 1. The molecule has 2 heterocycles. The molecule has 1 aliphatic heterocycles. The molecule has 1 atom stereocenters. The van der Waals surface area contributed by atoms with Crippen LogP contribution in [0.15, 0.2) is 60.8 Å². The van der Waals surface area contributed by atoms with E-state index >= 15 is 0 Å². The van der Waals surface area contributed by atoms with E-state index in [2.05, 4.69) is 32.7 Å². The summed E-state index contributed by atoms with van der Waals surface area (Å²) in [5, 5.41) is 11.0. The summed E-state index contributed by atoms with van der Waals surface area (Å²) < 4.78 is 15.3. The van der Waals surface area contributed by atoms with E-state index in [4.69, 9.17) is 0 Å². The van der Waals surface area contributed by atoms with E-state index in [0.717, 1.165) is 32.5 Å². The Morgan fingerprint density at radius 1 is 1.10 bits per heavy atom. The summed E-state index contributed by atoms with van der Waals surface area (Å²) in [6, 6.07) is 16.9. The molecule has 4 rings (SSSR count). The Bertz CT molecular complexity index is 959. The Kier molecular flexibility index (Phi) is 5.95. The van der Waals surface area contributed by atoms with Crippen molar-refractivity contribution in [2.45, 2.75) is 32.0 Å². The molecule has 0 bridgehead atoms. The zero-order valence-electron chi connectivity index (χ0n) is 16.2. The van der Waals surface area contributed by atoms with Crippen molar-refractivity contribution in [3.8, 4) is 0 Å². The van der Waals surface area contributed by atoms with Crippen molar-refractivity contribution in [2.75, 3.05) is 13.1 Å². The predicted octanol–water partition coefficient (Wildman–Crippen LogP) is 2.86. The Morgan fingerprint density at radius 3 is 2.72 bits per heavy atom. The number of rotatable bonds is 6. The number of hydrogen-bond donors (Lipinski definition) is 1. The molecule has 1 aliphatic rings. The van der Waals surface area contributed by atoms with E-state index in [0.29, 0.717) is 5.56 Å². The fourth-order valence-corrected chi connectivity index (χ4v) is 3.70. The Labute approximate surface area is 169 Å². The highest BCUT2D eigenvalue weighted by Crippen LogP contribution is 2.14. The van der Waals surface area contributed by atoms with Gasteiger partial charge in [0.15, 0.2) is 5.69 Å². The second kappa shape index (κ2) is 8.96. The Morgan fingerprint density at radius 2 is 1.90 bits per heavy atom. The van der Waals surface area contributed by atoms with Crippen LogP contribution in [0.25, 0.3) is 0 Å². The van der Waals surface area contributed by atoms with Gasteiger partial charge in [0.05, 0.1) is 12.7 Å². The maximum absolute atomic E-state index is 13.8. The highest BCUT2D eigenvalue weighted by Gasteiger charge is 2.23. The maximum Gasteiger partial charge on any atom is 0.273 e. The average molecular weight is 393 g/mol. The van der Waals surface area contributed by atoms with Crippen LogP contribution in [0.1, 0.15) is 34.5 Å². The number of aromatic nitrogens is 3. The lowest BCUT2D eigenvalue weighted by atomic mass is 10.0. The minimum Gasteiger partial charge on any atom is -0.347 e. The van der Waals surface area contributed by atoms with Gasteiger partial charge in [0, 0.05) is 24.7 Å². The normalized spacial score (nSPS) is 17.2. The van der Waals surface area contributed by atoms with Gasteiger partial charge < -0.3 is 5.32 Å². The number of likely N-dealkylation sites (tertiary alicyclic amines) is 1. The maximum atomic E-state index is 13.8. The van der Waals surface area contributed by atoms with Crippen molar-refractivity contribution in [1.29, 1.82) is 0 Å². The van der Waals surface area contributed by atoms with Gasteiger partial charge in [-0.15, -0.1) is 5.10 Å². The minimum absolute atomic E-state index is 0.0803. The summed E-state index contributed by atoms with van der Waals surface area (Å²) in [4.78, 5) is 15.0. The van der Waals surface area contributed by atoms with Gasteiger partial charge >= 0.3 is 0 Å². The van der Waals surface area contributed by atoms with Crippen LogP contribution in [0.4, 0.5) is 4.39 Å². The number of halogens is 1. The molecule has 29 heavy (non-hydrogen) atoms. The third-order valence-electron chi connectivity index (χ3n) is 5.15. The van der Waals surface area contributed by atoms with E-state index in [1.165, 1.54) is 16.3 Å². The van der Waals surface area contributed by atoms with Gasteiger partial charge in [-0.2, -0.15) is 0 Å². The highest BCUT2D eigenvalue weighted by molar-refractivity contribution is 5.92. The van der Waals surface area contributed by atoms with Gasteiger partial charge in [0.2, 0.25) is 0 Å². The van der Waals surface area contributed by atoms with Gasteiger partial charge in [-0.1, -0.05) is 53.7 Å². The van der Waals surface area contributed by atoms with Crippen molar-refractivity contribution >= 4 is 5.91 Å². The molecule has 0 spiro atoms. The molecule has 6 nitrogen and oxygen atoms in total. The molecule has 1 saturated heterocycles. The van der Waals surface area contributed by atoms with Gasteiger partial charge in [-0.05, 0) is 31.0 Å². The summed E-state index contributed by atoms with van der Waals surface area (Å²) in [6.45, 7) is 2.96. The first-order valence-electron chi connectivity index (χ1n) is 9.88. The van der Waals surface area contributed by atoms with E-state index in [1.807, 2.05) is 18.2 Å². The molecule has 1 fully saturated rings. The lowest BCUT2D eigenvalue weighted by molar-refractivity contribution is 0.0895. The van der Waals surface area contributed by atoms with E-state index in [1.54, 1.807) is 24.4 Å². The van der Waals surface area contributed by atoms with Crippen molar-refractivity contribution in [2.24, 2.45) is 0 Å². The summed E-state index contributed by atoms with van der Waals surface area (Å²) in [7, 11) is 0. The molecule has 3 aromatic rings. The molecule has 150 valence electrons. The first-order valence-corrected chi connectivity index (χ1v) is 9.88. The summed E-state index contributed by atoms with van der Waals surface area (Å²) in [5.41, 5.74) is 2.03.